The monoisotopic (exact) mass is 609 g/mol. The average Bonchev–Trinajstić information content (AvgIpc) is 3.51. The average molecular weight is 610 g/mol. The van der Waals surface area contributed by atoms with Crippen LogP contribution in [0.2, 0.25) is 0 Å². The summed E-state index contributed by atoms with van der Waals surface area (Å²) < 4.78 is 54.1. The van der Waals surface area contributed by atoms with Crippen molar-refractivity contribution in [1.29, 1.82) is 0 Å². The SMILES string of the molecule is Cc1cccc(CN(C(=O)CN(c2ccc(F)cc2)S(=O)(=O)c2ccc3c(c2)OCCO3)[C@@H](C)C(=O)NC2CCCC2)c1. The summed E-state index contributed by atoms with van der Waals surface area (Å²) >= 11 is 0. The van der Waals surface area contributed by atoms with Crippen molar-refractivity contribution in [2.24, 2.45) is 0 Å². The number of carbonyl (C=O) groups is 2. The van der Waals surface area contributed by atoms with Crippen LogP contribution in [0.1, 0.15) is 43.7 Å². The number of nitrogens with one attached hydrogen (secondary N) is 1. The molecule has 0 unspecified atom stereocenters. The lowest BCUT2D eigenvalue weighted by Crippen LogP contribution is -2.52. The Hall–Kier alpha value is -4.12. The third-order valence-electron chi connectivity index (χ3n) is 7.80. The molecule has 43 heavy (non-hydrogen) atoms. The normalized spacial score (nSPS) is 15.5. The van der Waals surface area contributed by atoms with Crippen molar-refractivity contribution in [1.82, 2.24) is 10.2 Å². The van der Waals surface area contributed by atoms with Crippen LogP contribution in [0.25, 0.3) is 0 Å². The Labute approximate surface area is 251 Å². The number of halogens is 1. The predicted octanol–water partition coefficient (Wildman–Crippen LogP) is 4.58. The number of ether oxygens (including phenoxy) is 2. The smallest absolute Gasteiger partial charge is 0.264 e. The number of carbonyl (C=O) groups excluding carboxylic acids is 2. The lowest BCUT2D eigenvalue weighted by atomic mass is 10.1. The van der Waals surface area contributed by atoms with Gasteiger partial charge in [0.15, 0.2) is 11.5 Å². The van der Waals surface area contributed by atoms with Crippen LogP contribution in [0.4, 0.5) is 10.1 Å². The Balaban J connectivity index is 1.48. The third kappa shape index (κ3) is 7.10. The molecule has 0 saturated heterocycles. The minimum atomic E-state index is -4.35. The first-order valence-electron chi connectivity index (χ1n) is 14.4. The molecule has 1 saturated carbocycles. The quantitative estimate of drug-likeness (QED) is 0.361. The number of hydrogen-bond acceptors (Lipinski definition) is 6. The number of fused-ring (bicyclic) bond motifs is 1. The van der Waals surface area contributed by atoms with Crippen LogP contribution in [0.5, 0.6) is 11.5 Å². The summed E-state index contributed by atoms with van der Waals surface area (Å²) in [4.78, 5) is 28.7. The zero-order valence-corrected chi connectivity index (χ0v) is 25.1. The molecule has 228 valence electrons. The van der Waals surface area contributed by atoms with Gasteiger partial charge in [0, 0.05) is 18.7 Å². The highest BCUT2D eigenvalue weighted by atomic mass is 32.2. The van der Waals surface area contributed by atoms with E-state index in [2.05, 4.69) is 5.32 Å². The molecule has 3 aromatic carbocycles. The highest BCUT2D eigenvalue weighted by Crippen LogP contribution is 2.34. The van der Waals surface area contributed by atoms with Gasteiger partial charge < -0.3 is 19.7 Å². The van der Waals surface area contributed by atoms with Gasteiger partial charge in [-0.1, -0.05) is 42.7 Å². The number of benzene rings is 3. The zero-order valence-electron chi connectivity index (χ0n) is 24.3. The maximum Gasteiger partial charge on any atom is 0.264 e. The van der Waals surface area contributed by atoms with Gasteiger partial charge in [-0.25, -0.2) is 12.8 Å². The van der Waals surface area contributed by atoms with Crippen LogP contribution in [-0.2, 0) is 26.2 Å². The summed E-state index contributed by atoms with van der Waals surface area (Å²) in [6, 6.07) is 15.9. The summed E-state index contributed by atoms with van der Waals surface area (Å²) in [5.74, 6) is -0.737. The molecular formula is C32H36FN3O6S. The van der Waals surface area contributed by atoms with E-state index in [1.54, 1.807) is 6.92 Å². The number of amides is 2. The van der Waals surface area contributed by atoms with E-state index >= 15 is 0 Å². The van der Waals surface area contributed by atoms with E-state index in [-0.39, 0.29) is 41.4 Å². The minimum Gasteiger partial charge on any atom is -0.486 e. The standard InChI is InChI=1S/C32H36FN3O6S/c1-22-6-5-7-24(18-22)20-35(23(2)32(38)34-26-8-3-4-9-26)31(37)21-36(27-12-10-25(33)11-13-27)43(39,40)28-14-15-29-30(19-28)42-17-16-41-29/h5-7,10-15,18-19,23,26H,3-4,8-9,16-17,20-21H2,1-2H3,(H,34,38)/t23-/m0/s1. The third-order valence-corrected chi connectivity index (χ3v) is 9.57. The van der Waals surface area contributed by atoms with Crippen LogP contribution in [-0.4, -0.2) is 57.0 Å². The summed E-state index contributed by atoms with van der Waals surface area (Å²) in [5, 5.41) is 3.06. The molecule has 2 amide bonds. The van der Waals surface area contributed by atoms with Gasteiger partial charge in [-0.15, -0.1) is 0 Å². The number of rotatable bonds is 10. The van der Waals surface area contributed by atoms with E-state index in [1.165, 1.54) is 35.2 Å². The molecule has 0 aromatic heterocycles. The molecular weight excluding hydrogens is 573 g/mol. The Kier molecular flexibility index (Phi) is 9.19. The highest BCUT2D eigenvalue weighted by Gasteiger charge is 2.34. The van der Waals surface area contributed by atoms with E-state index in [4.69, 9.17) is 9.47 Å². The van der Waals surface area contributed by atoms with Gasteiger partial charge in [0.25, 0.3) is 10.0 Å². The molecule has 1 fully saturated rings. The molecule has 0 radical (unpaired) electrons. The molecule has 1 heterocycles. The Bertz CT molecular complexity index is 1570. The molecule has 1 aliphatic heterocycles. The van der Waals surface area contributed by atoms with Crippen LogP contribution in [0.3, 0.4) is 0 Å². The fourth-order valence-electron chi connectivity index (χ4n) is 5.43. The minimum absolute atomic E-state index is 0.0529. The summed E-state index contributed by atoms with van der Waals surface area (Å²) in [6.07, 6.45) is 3.85. The van der Waals surface area contributed by atoms with E-state index in [0.29, 0.717) is 12.4 Å². The van der Waals surface area contributed by atoms with Crippen molar-refractivity contribution in [3.8, 4) is 11.5 Å². The van der Waals surface area contributed by atoms with E-state index < -0.39 is 34.3 Å². The van der Waals surface area contributed by atoms with Crippen molar-refractivity contribution < 1.29 is 31.9 Å². The number of hydrogen-bond donors (Lipinski definition) is 1. The second-order valence-electron chi connectivity index (χ2n) is 11.0. The summed E-state index contributed by atoms with van der Waals surface area (Å²) in [5.41, 5.74) is 1.89. The Morgan fingerprint density at radius 2 is 1.67 bits per heavy atom. The van der Waals surface area contributed by atoms with Gasteiger partial charge in [0.05, 0.1) is 10.6 Å². The molecule has 0 bridgehead atoms. The first-order valence-corrected chi connectivity index (χ1v) is 15.9. The first-order chi connectivity index (χ1) is 20.6. The summed E-state index contributed by atoms with van der Waals surface area (Å²) in [6.45, 7) is 3.68. The predicted molar refractivity (Wildman–Crippen MR) is 160 cm³/mol. The molecule has 2 aliphatic rings. The Morgan fingerprint density at radius 3 is 2.37 bits per heavy atom. The van der Waals surface area contributed by atoms with Crippen molar-refractivity contribution >= 4 is 27.5 Å². The molecule has 11 heteroatoms. The second kappa shape index (κ2) is 13.0. The van der Waals surface area contributed by atoms with E-state index in [0.717, 1.165) is 53.2 Å². The maximum absolute atomic E-state index is 14.1. The zero-order chi connectivity index (χ0) is 30.6. The molecule has 5 rings (SSSR count). The lowest BCUT2D eigenvalue weighted by molar-refractivity contribution is -0.139. The van der Waals surface area contributed by atoms with E-state index in [9.17, 15) is 22.4 Å². The highest BCUT2D eigenvalue weighted by molar-refractivity contribution is 7.92. The van der Waals surface area contributed by atoms with Crippen LogP contribution in [0.15, 0.2) is 71.6 Å². The summed E-state index contributed by atoms with van der Waals surface area (Å²) in [7, 11) is -4.35. The maximum atomic E-state index is 14.1. The fourth-order valence-corrected chi connectivity index (χ4v) is 6.86. The van der Waals surface area contributed by atoms with Crippen molar-refractivity contribution in [3.63, 3.8) is 0 Å². The van der Waals surface area contributed by atoms with Gasteiger partial charge in [0.1, 0.15) is 31.6 Å². The molecule has 0 spiro atoms. The second-order valence-corrected chi connectivity index (χ2v) is 12.8. The largest absolute Gasteiger partial charge is 0.486 e. The topological polar surface area (TPSA) is 105 Å². The van der Waals surface area contributed by atoms with Gasteiger partial charge >= 0.3 is 0 Å². The van der Waals surface area contributed by atoms with Gasteiger partial charge in [-0.3, -0.25) is 13.9 Å². The number of nitrogens with zero attached hydrogens (tertiary/aromatic N) is 2. The van der Waals surface area contributed by atoms with Crippen molar-refractivity contribution in [2.45, 2.75) is 63.1 Å². The first kappa shape index (κ1) is 30.3. The van der Waals surface area contributed by atoms with Gasteiger partial charge in [-0.05, 0) is 68.7 Å². The molecule has 9 nitrogen and oxygen atoms in total. The van der Waals surface area contributed by atoms with Crippen molar-refractivity contribution in [2.75, 3.05) is 24.1 Å². The molecule has 3 aromatic rings. The van der Waals surface area contributed by atoms with Gasteiger partial charge in [0.2, 0.25) is 11.8 Å². The van der Waals surface area contributed by atoms with Crippen molar-refractivity contribution in [3.05, 3.63) is 83.7 Å². The number of aryl methyl sites for hydroxylation is 1. The van der Waals surface area contributed by atoms with E-state index in [1.807, 2.05) is 31.2 Å². The van der Waals surface area contributed by atoms with Gasteiger partial charge in [-0.2, -0.15) is 0 Å². The lowest BCUT2D eigenvalue weighted by Gasteiger charge is -2.32. The van der Waals surface area contributed by atoms with Crippen LogP contribution < -0.4 is 19.1 Å². The van der Waals surface area contributed by atoms with Crippen LogP contribution in [0, 0.1) is 12.7 Å². The number of anilines is 1. The molecule has 1 aliphatic carbocycles. The molecule has 1 atom stereocenters. The van der Waals surface area contributed by atoms with Crippen LogP contribution >= 0.6 is 0 Å². The Morgan fingerprint density at radius 1 is 0.977 bits per heavy atom. The molecule has 1 N–H and O–H groups in total. The fraction of sp³-hybridized carbons (Fsp3) is 0.375. The number of sulfonamides is 1.